The van der Waals surface area contributed by atoms with Gasteiger partial charge >= 0.3 is 0 Å². The van der Waals surface area contributed by atoms with Crippen LogP contribution in [0, 0.1) is 0 Å². The Morgan fingerprint density at radius 2 is 1.78 bits per heavy atom. The number of hydrogen-bond acceptors (Lipinski definition) is 5. The van der Waals surface area contributed by atoms with E-state index >= 15 is 0 Å². The number of aromatic hydroxyl groups is 1. The number of hydrogen-bond donors (Lipinski definition) is 2. The van der Waals surface area contributed by atoms with Crippen LogP contribution in [0.25, 0.3) is 10.8 Å². The second-order valence-electron chi connectivity index (χ2n) is 5.45. The normalized spacial score (nSPS) is 22.6. The number of phenols is 1. The van der Waals surface area contributed by atoms with Gasteiger partial charge in [0, 0.05) is 16.8 Å². The van der Waals surface area contributed by atoms with E-state index in [4.69, 9.17) is 4.55 Å². The van der Waals surface area contributed by atoms with Gasteiger partial charge in [-0.2, -0.15) is 8.42 Å². The van der Waals surface area contributed by atoms with Crippen molar-refractivity contribution in [2.45, 2.75) is 12.1 Å². The molecule has 23 heavy (non-hydrogen) atoms. The summed E-state index contributed by atoms with van der Waals surface area (Å²) >= 11 is 0. The Hall–Kier alpha value is -2.51. The molecule has 0 amide bonds. The molecule has 116 valence electrons. The van der Waals surface area contributed by atoms with E-state index in [9.17, 15) is 13.5 Å². The van der Waals surface area contributed by atoms with Gasteiger partial charge in [0.25, 0.3) is 10.1 Å². The lowest BCUT2D eigenvalue weighted by molar-refractivity contribution is 0.479. The highest BCUT2D eigenvalue weighted by Crippen LogP contribution is 2.23. The van der Waals surface area contributed by atoms with Crippen LogP contribution in [0.4, 0.5) is 0 Å². The maximum absolute atomic E-state index is 11.3. The van der Waals surface area contributed by atoms with Crippen molar-refractivity contribution >= 4 is 20.9 Å². The zero-order valence-corrected chi connectivity index (χ0v) is 12.6. The lowest BCUT2D eigenvalue weighted by Gasteiger charge is -2.22. The van der Waals surface area contributed by atoms with Crippen molar-refractivity contribution in [2.24, 2.45) is 9.98 Å². The van der Waals surface area contributed by atoms with Crippen LogP contribution in [0.5, 0.6) is 5.75 Å². The predicted octanol–water partition coefficient (Wildman–Crippen LogP) is 0.877. The lowest BCUT2D eigenvalue weighted by atomic mass is 10.0. The maximum atomic E-state index is 11.3. The highest BCUT2D eigenvalue weighted by atomic mass is 32.2. The molecule has 0 fully saturated rings. The van der Waals surface area contributed by atoms with Crippen LogP contribution >= 0.6 is 0 Å². The number of phenolic OH excluding ortho intramolecular Hbond substituents is 1. The zero-order chi connectivity index (χ0) is 16.2. The molecule has 6 nitrogen and oxygen atoms in total. The van der Waals surface area contributed by atoms with Crippen molar-refractivity contribution in [1.29, 1.82) is 0 Å². The molecule has 2 aliphatic rings. The van der Waals surface area contributed by atoms with E-state index in [1.165, 1.54) is 18.2 Å². The van der Waals surface area contributed by atoms with Gasteiger partial charge in [-0.15, -0.1) is 0 Å². The van der Waals surface area contributed by atoms with Gasteiger partial charge in [0.15, 0.2) is 0 Å². The van der Waals surface area contributed by atoms with Crippen molar-refractivity contribution in [3.8, 4) is 5.75 Å². The first kappa shape index (κ1) is 14.1. The van der Waals surface area contributed by atoms with Crippen molar-refractivity contribution < 1.29 is 18.1 Å². The molecule has 1 aliphatic heterocycles. The molecule has 2 unspecified atom stereocenters. The van der Waals surface area contributed by atoms with Crippen molar-refractivity contribution in [3.05, 3.63) is 64.2 Å². The van der Waals surface area contributed by atoms with E-state index in [1.807, 2.05) is 18.2 Å². The van der Waals surface area contributed by atoms with E-state index in [-0.39, 0.29) is 16.7 Å². The van der Waals surface area contributed by atoms with Gasteiger partial charge in [-0.05, 0) is 12.2 Å². The predicted molar refractivity (Wildman–Crippen MR) is 84.3 cm³/mol. The fraction of sp³-hybridized carbons (Fsp3) is 0.125. The molecule has 0 aromatic heterocycles. The standard InChI is InChI=1S/C16H12N2O4S/c19-15-8-14-16(11-4-2-1-3-10(11)15)18-12-6-5-9(23(20,21)22)7-13(12)17-14/h1-8,12-13,19H,(H,20,21,22). The molecule has 7 heteroatoms. The average molecular weight is 328 g/mol. The molecule has 2 N–H and O–H groups in total. The van der Waals surface area contributed by atoms with Crippen LogP contribution in [0.2, 0.25) is 0 Å². The van der Waals surface area contributed by atoms with Crippen LogP contribution in [0.3, 0.4) is 0 Å². The second-order valence-corrected chi connectivity index (χ2v) is 6.87. The van der Waals surface area contributed by atoms with Crippen LogP contribution in [-0.4, -0.2) is 30.2 Å². The molecule has 2 atom stereocenters. The molecule has 2 aromatic rings. The highest BCUT2D eigenvalue weighted by molar-refractivity contribution is 7.90. The second kappa shape index (κ2) is 4.74. The monoisotopic (exact) mass is 328 g/mol. The third kappa shape index (κ3) is 2.25. The van der Waals surface area contributed by atoms with E-state index in [0.717, 1.165) is 5.39 Å². The Balaban J connectivity index is 1.99. The maximum Gasteiger partial charge on any atom is 0.294 e. The van der Waals surface area contributed by atoms with E-state index in [2.05, 4.69) is 9.98 Å². The summed E-state index contributed by atoms with van der Waals surface area (Å²) in [7, 11) is -4.27. The third-order valence-electron chi connectivity index (χ3n) is 3.98. The average Bonchev–Trinajstić information content (AvgIpc) is 2.52. The molecule has 2 aromatic carbocycles. The molecule has 1 heterocycles. The summed E-state index contributed by atoms with van der Waals surface area (Å²) in [6, 6.07) is 8.02. The zero-order valence-electron chi connectivity index (χ0n) is 11.8. The Labute approximate surface area is 131 Å². The third-order valence-corrected chi connectivity index (χ3v) is 4.85. The fourth-order valence-corrected chi connectivity index (χ4v) is 3.47. The summed E-state index contributed by atoms with van der Waals surface area (Å²) < 4.78 is 31.7. The van der Waals surface area contributed by atoms with Crippen LogP contribution in [0.15, 0.2) is 63.4 Å². The van der Waals surface area contributed by atoms with E-state index in [1.54, 1.807) is 12.1 Å². The Morgan fingerprint density at radius 1 is 1.04 bits per heavy atom. The largest absolute Gasteiger partial charge is 0.507 e. The van der Waals surface area contributed by atoms with Crippen LogP contribution in [-0.2, 0) is 10.1 Å². The molecule has 0 bridgehead atoms. The fourth-order valence-electron chi connectivity index (χ4n) is 2.91. The topological polar surface area (TPSA) is 99.3 Å². The SMILES string of the molecule is O=S(=O)(O)C1=CC2N=c3cc(O)c4ccccc4c3=NC2C=C1. The molecule has 0 saturated carbocycles. The first-order valence-electron chi connectivity index (χ1n) is 6.97. The van der Waals surface area contributed by atoms with Gasteiger partial charge in [0.2, 0.25) is 0 Å². The first-order valence-corrected chi connectivity index (χ1v) is 8.41. The summed E-state index contributed by atoms with van der Waals surface area (Å²) in [5.74, 6) is 0.0992. The minimum absolute atomic E-state index is 0.0992. The van der Waals surface area contributed by atoms with Gasteiger partial charge in [-0.1, -0.05) is 30.3 Å². The van der Waals surface area contributed by atoms with E-state index in [0.29, 0.717) is 16.1 Å². The Bertz CT molecular complexity index is 1120. The minimum atomic E-state index is -4.27. The number of allylic oxidation sites excluding steroid dienone is 1. The lowest BCUT2D eigenvalue weighted by Crippen LogP contribution is -2.39. The Kier molecular flexibility index (Phi) is 2.91. The molecule has 0 spiro atoms. The van der Waals surface area contributed by atoms with Gasteiger partial charge < -0.3 is 5.11 Å². The smallest absolute Gasteiger partial charge is 0.294 e. The van der Waals surface area contributed by atoms with Crippen LogP contribution < -0.4 is 10.7 Å². The summed E-state index contributed by atoms with van der Waals surface area (Å²) in [6.45, 7) is 0. The van der Waals surface area contributed by atoms with Gasteiger partial charge in [-0.3, -0.25) is 14.5 Å². The number of rotatable bonds is 1. The van der Waals surface area contributed by atoms with Crippen molar-refractivity contribution in [3.63, 3.8) is 0 Å². The molecular weight excluding hydrogens is 316 g/mol. The van der Waals surface area contributed by atoms with Crippen molar-refractivity contribution in [2.75, 3.05) is 0 Å². The number of benzene rings is 2. The first-order chi connectivity index (χ1) is 10.9. The number of nitrogens with zero attached hydrogens (tertiary/aromatic N) is 2. The molecule has 0 saturated heterocycles. The van der Waals surface area contributed by atoms with Crippen molar-refractivity contribution in [1.82, 2.24) is 0 Å². The summed E-state index contributed by atoms with van der Waals surface area (Å²) in [5.41, 5.74) is 0. The van der Waals surface area contributed by atoms with E-state index < -0.39 is 16.2 Å². The highest BCUT2D eigenvalue weighted by Gasteiger charge is 2.26. The minimum Gasteiger partial charge on any atom is -0.507 e. The molecular formula is C16H12N2O4S. The quantitative estimate of drug-likeness (QED) is 0.759. The van der Waals surface area contributed by atoms with Gasteiger partial charge in [0.1, 0.15) is 5.75 Å². The van der Waals surface area contributed by atoms with Gasteiger partial charge in [-0.25, -0.2) is 0 Å². The summed E-state index contributed by atoms with van der Waals surface area (Å²) in [5, 5.41) is 12.8. The van der Waals surface area contributed by atoms with Crippen LogP contribution in [0.1, 0.15) is 0 Å². The molecule has 1 aliphatic carbocycles. The summed E-state index contributed by atoms with van der Waals surface area (Å²) in [6.07, 6.45) is 4.32. The molecule has 4 rings (SSSR count). The molecule has 0 radical (unpaired) electrons. The summed E-state index contributed by atoms with van der Waals surface area (Å²) in [4.78, 5) is 8.94. The number of fused-ring (bicyclic) bond motifs is 4. The Morgan fingerprint density at radius 3 is 2.52 bits per heavy atom. The van der Waals surface area contributed by atoms with Gasteiger partial charge in [0.05, 0.1) is 27.7 Å².